The molecule has 0 bridgehead atoms. The molecule has 16 heavy (non-hydrogen) atoms. The molecule has 0 spiro atoms. The minimum absolute atomic E-state index is 0.219. The SMILES string of the molecule is Cc1cc(F)c(C(CN)C(F)(F)F)c(F)c1. The monoisotopic (exact) mass is 239 g/mol. The zero-order valence-electron chi connectivity index (χ0n) is 8.41. The van der Waals surface area contributed by atoms with Gasteiger partial charge in [-0.05, 0) is 24.6 Å². The molecule has 0 aliphatic rings. The standard InChI is InChI=1S/C10H10F5N/c1-5-2-7(11)9(8(12)3-5)6(4-16)10(13,14)15/h2-3,6H,4,16H2,1H3. The summed E-state index contributed by atoms with van der Waals surface area (Å²) in [5.74, 6) is -4.75. The van der Waals surface area contributed by atoms with Crippen LogP contribution < -0.4 is 5.73 Å². The molecular formula is C10H10F5N. The summed E-state index contributed by atoms with van der Waals surface area (Å²) in [6.45, 7) is 0.501. The number of hydrogen-bond acceptors (Lipinski definition) is 1. The molecule has 1 atom stereocenters. The van der Waals surface area contributed by atoms with Gasteiger partial charge in [-0.2, -0.15) is 13.2 Å². The van der Waals surface area contributed by atoms with Gasteiger partial charge in [-0.1, -0.05) is 0 Å². The van der Waals surface area contributed by atoms with Gasteiger partial charge in [0.2, 0.25) is 0 Å². The maximum absolute atomic E-state index is 13.3. The molecule has 0 aliphatic carbocycles. The smallest absolute Gasteiger partial charge is 0.330 e. The Morgan fingerprint density at radius 2 is 1.62 bits per heavy atom. The van der Waals surface area contributed by atoms with E-state index in [4.69, 9.17) is 5.73 Å². The van der Waals surface area contributed by atoms with E-state index >= 15 is 0 Å². The molecule has 1 nitrogen and oxygen atoms in total. The van der Waals surface area contributed by atoms with Gasteiger partial charge >= 0.3 is 6.18 Å². The first-order valence-electron chi connectivity index (χ1n) is 4.49. The van der Waals surface area contributed by atoms with Crippen LogP contribution in [0.4, 0.5) is 22.0 Å². The van der Waals surface area contributed by atoms with E-state index in [-0.39, 0.29) is 5.56 Å². The highest BCUT2D eigenvalue weighted by molar-refractivity contribution is 5.29. The first-order valence-corrected chi connectivity index (χ1v) is 4.49. The Labute approximate surface area is 89.1 Å². The summed E-state index contributed by atoms with van der Waals surface area (Å²) in [4.78, 5) is 0. The molecule has 2 N–H and O–H groups in total. The summed E-state index contributed by atoms with van der Waals surface area (Å²) in [6, 6.07) is 1.71. The Morgan fingerprint density at radius 1 is 1.19 bits per heavy atom. The Hall–Kier alpha value is -1.17. The fourth-order valence-corrected chi connectivity index (χ4v) is 1.46. The molecule has 0 radical (unpaired) electrons. The number of hydrogen-bond donors (Lipinski definition) is 1. The Kier molecular flexibility index (Phi) is 3.52. The molecule has 1 aromatic rings. The molecule has 90 valence electrons. The molecule has 0 aromatic heterocycles. The molecule has 0 heterocycles. The van der Waals surface area contributed by atoms with Crippen molar-refractivity contribution in [2.24, 2.45) is 5.73 Å². The fourth-order valence-electron chi connectivity index (χ4n) is 1.46. The molecule has 6 heteroatoms. The number of alkyl halides is 3. The van der Waals surface area contributed by atoms with Crippen LogP contribution in [0.3, 0.4) is 0 Å². The van der Waals surface area contributed by atoms with Crippen LogP contribution in [0.1, 0.15) is 17.0 Å². The van der Waals surface area contributed by atoms with Crippen LogP contribution in [0, 0.1) is 18.6 Å². The maximum Gasteiger partial charge on any atom is 0.397 e. The van der Waals surface area contributed by atoms with E-state index in [1.165, 1.54) is 6.92 Å². The summed E-state index contributed by atoms with van der Waals surface area (Å²) < 4.78 is 63.9. The number of rotatable bonds is 2. The van der Waals surface area contributed by atoms with Crippen molar-refractivity contribution in [2.75, 3.05) is 6.54 Å². The topological polar surface area (TPSA) is 26.0 Å². The molecule has 0 saturated carbocycles. The molecule has 0 fully saturated rings. The summed E-state index contributed by atoms with van der Waals surface area (Å²) in [5.41, 5.74) is 4.12. The van der Waals surface area contributed by atoms with Crippen LogP contribution >= 0.6 is 0 Å². The molecular weight excluding hydrogens is 229 g/mol. The second-order valence-electron chi connectivity index (χ2n) is 3.47. The van der Waals surface area contributed by atoms with Crippen molar-refractivity contribution in [3.63, 3.8) is 0 Å². The van der Waals surface area contributed by atoms with Crippen LogP contribution in [-0.2, 0) is 0 Å². The van der Waals surface area contributed by atoms with Gasteiger partial charge in [-0.3, -0.25) is 0 Å². The van der Waals surface area contributed by atoms with Crippen molar-refractivity contribution in [1.29, 1.82) is 0 Å². The van der Waals surface area contributed by atoms with Gasteiger partial charge < -0.3 is 5.73 Å². The Balaban J connectivity index is 3.31. The summed E-state index contributed by atoms with van der Waals surface area (Å²) in [5, 5.41) is 0. The van der Waals surface area contributed by atoms with E-state index in [9.17, 15) is 22.0 Å². The van der Waals surface area contributed by atoms with E-state index in [0.29, 0.717) is 0 Å². The first-order chi connectivity index (χ1) is 7.27. The zero-order chi connectivity index (χ0) is 12.5. The van der Waals surface area contributed by atoms with Crippen molar-refractivity contribution in [1.82, 2.24) is 0 Å². The van der Waals surface area contributed by atoms with Crippen molar-refractivity contribution >= 4 is 0 Å². The third kappa shape index (κ3) is 2.49. The van der Waals surface area contributed by atoms with Crippen LogP contribution in [0.5, 0.6) is 0 Å². The largest absolute Gasteiger partial charge is 0.397 e. The summed E-state index contributed by atoms with van der Waals surface area (Å²) >= 11 is 0. The lowest BCUT2D eigenvalue weighted by atomic mass is 9.96. The minimum atomic E-state index is -4.76. The average Bonchev–Trinajstić information content (AvgIpc) is 2.08. The Morgan fingerprint density at radius 3 is 1.94 bits per heavy atom. The Bertz CT molecular complexity index is 362. The lowest BCUT2D eigenvalue weighted by Crippen LogP contribution is -2.29. The molecule has 0 saturated heterocycles. The van der Waals surface area contributed by atoms with Gasteiger partial charge in [-0.25, -0.2) is 8.78 Å². The second kappa shape index (κ2) is 4.37. The zero-order valence-corrected chi connectivity index (χ0v) is 8.41. The summed E-state index contributed by atoms with van der Waals surface area (Å²) in [6.07, 6.45) is -4.76. The molecule has 1 unspecified atom stereocenters. The molecule has 1 rings (SSSR count). The van der Waals surface area contributed by atoms with E-state index in [1.54, 1.807) is 0 Å². The van der Waals surface area contributed by atoms with E-state index in [0.717, 1.165) is 12.1 Å². The highest BCUT2D eigenvalue weighted by Crippen LogP contribution is 2.36. The van der Waals surface area contributed by atoms with Gasteiger partial charge in [0, 0.05) is 12.1 Å². The van der Waals surface area contributed by atoms with Gasteiger partial charge in [-0.15, -0.1) is 0 Å². The lowest BCUT2D eigenvalue weighted by molar-refractivity contribution is -0.149. The molecule has 0 aliphatic heterocycles. The fraction of sp³-hybridized carbons (Fsp3) is 0.400. The van der Waals surface area contributed by atoms with Crippen LogP contribution in [0.2, 0.25) is 0 Å². The van der Waals surface area contributed by atoms with E-state index in [2.05, 4.69) is 0 Å². The van der Waals surface area contributed by atoms with Crippen LogP contribution in [0.15, 0.2) is 12.1 Å². The predicted octanol–water partition coefficient (Wildman–Crippen LogP) is 2.88. The van der Waals surface area contributed by atoms with E-state index in [1.807, 2.05) is 0 Å². The lowest BCUT2D eigenvalue weighted by Gasteiger charge is -2.20. The van der Waals surface area contributed by atoms with Gasteiger partial charge in [0.15, 0.2) is 0 Å². The number of aryl methyl sites for hydroxylation is 1. The van der Waals surface area contributed by atoms with E-state index < -0.39 is 35.8 Å². The third-order valence-corrected chi connectivity index (χ3v) is 2.20. The second-order valence-corrected chi connectivity index (χ2v) is 3.47. The molecule has 0 amide bonds. The maximum atomic E-state index is 13.3. The van der Waals surface area contributed by atoms with Crippen molar-refractivity contribution < 1.29 is 22.0 Å². The quantitative estimate of drug-likeness (QED) is 0.789. The third-order valence-electron chi connectivity index (χ3n) is 2.20. The van der Waals surface area contributed by atoms with Crippen LogP contribution in [-0.4, -0.2) is 12.7 Å². The summed E-state index contributed by atoms with van der Waals surface area (Å²) in [7, 11) is 0. The van der Waals surface area contributed by atoms with Crippen molar-refractivity contribution in [3.8, 4) is 0 Å². The molecule has 1 aromatic carbocycles. The first kappa shape index (κ1) is 12.9. The highest BCUT2D eigenvalue weighted by atomic mass is 19.4. The van der Waals surface area contributed by atoms with Crippen LogP contribution in [0.25, 0.3) is 0 Å². The van der Waals surface area contributed by atoms with Gasteiger partial charge in [0.25, 0.3) is 0 Å². The normalized spacial score (nSPS) is 13.9. The number of benzene rings is 1. The number of halogens is 5. The number of nitrogens with two attached hydrogens (primary N) is 1. The minimum Gasteiger partial charge on any atom is -0.330 e. The van der Waals surface area contributed by atoms with Gasteiger partial charge in [0.1, 0.15) is 11.6 Å². The van der Waals surface area contributed by atoms with Crippen molar-refractivity contribution in [2.45, 2.75) is 19.0 Å². The predicted molar refractivity (Wildman–Crippen MR) is 48.9 cm³/mol. The van der Waals surface area contributed by atoms with Gasteiger partial charge in [0.05, 0.1) is 5.92 Å². The van der Waals surface area contributed by atoms with Crippen molar-refractivity contribution in [3.05, 3.63) is 34.9 Å². The average molecular weight is 239 g/mol. The highest BCUT2D eigenvalue weighted by Gasteiger charge is 2.42.